The molecule has 0 aliphatic heterocycles. The van der Waals surface area contributed by atoms with E-state index in [1.54, 1.807) is 6.92 Å². The van der Waals surface area contributed by atoms with Crippen molar-refractivity contribution < 1.29 is 4.79 Å². The first-order chi connectivity index (χ1) is 9.58. The Kier molecular flexibility index (Phi) is 4.36. The minimum Gasteiger partial charge on any atom is -0.378 e. The molecule has 102 valence electrons. The zero-order chi connectivity index (χ0) is 14.5. The van der Waals surface area contributed by atoms with Crippen LogP contribution in [0.3, 0.4) is 0 Å². The molecule has 20 heavy (non-hydrogen) atoms. The largest absolute Gasteiger partial charge is 0.378 e. The quantitative estimate of drug-likeness (QED) is 0.617. The predicted octanol–water partition coefficient (Wildman–Crippen LogP) is 3.88. The number of hydrogen-bond acceptors (Lipinski definition) is 2. The van der Waals surface area contributed by atoms with Crippen molar-refractivity contribution in [2.45, 2.75) is 6.92 Å². The van der Waals surface area contributed by atoms with Gasteiger partial charge in [-0.3, -0.25) is 4.79 Å². The molecular weight excluding hydrogens is 246 g/mol. The summed E-state index contributed by atoms with van der Waals surface area (Å²) in [5.74, 6) is 0.0767. The molecular formula is C18H19NO. The number of rotatable bonds is 4. The highest BCUT2D eigenvalue weighted by atomic mass is 16.1. The first-order valence-corrected chi connectivity index (χ1v) is 6.63. The lowest BCUT2D eigenvalue weighted by Crippen LogP contribution is -2.07. The van der Waals surface area contributed by atoms with Gasteiger partial charge in [-0.1, -0.05) is 42.5 Å². The van der Waals surface area contributed by atoms with E-state index in [2.05, 4.69) is 17.0 Å². The topological polar surface area (TPSA) is 20.3 Å². The van der Waals surface area contributed by atoms with E-state index < -0.39 is 0 Å². The summed E-state index contributed by atoms with van der Waals surface area (Å²) in [6.07, 6.45) is 1.94. The summed E-state index contributed by atoms with van der Waals surface area (Å²) in [4.78, 5) is 13.9. The van der Waals surface area contributed by atoms with E-state index in [1.807, 2.05) is 62.6 Å². The first kappa shape index (κ1) is 14.1. The number of carbonyl (C=O) groups excluding carboxylic acids is 1. The van der Waals surface area contributed by atoms with Gasteiger partial charge in [-0.15, -0.1) is 0 Å². The van der Waals surface area contributed by atoms with Crippen LogP contribution in [-0.2, 0) is 4.79 Å². The van der Waals surface area contributed by atoms with Crippen LogP contribution in [0.5, 0.6) is 0 Å². The van der Waals surface area contributed by atoms with Gasteiger partial charge in [0.05, 0.1) is 0 Å². The zero-order valence-electron chi connectivity index (χ0n) is 12.1. The molecule has 0 N–H and O–H groups in total. The second-order valence-electron chi connectivity index (χ2n) is 4.97. The third-order valence-corrected chi connectivity index (χ3v) is 3.18. The molecule has 2 aromatic rings. The standard InChI is InChI=1S/C18H19NO/c1-14(20)18(16-7-5-4-6-8-16)13-15-9-11-17(12-10-15)19(2)3/h4-13H,1-3H3/b18-13-. The average molecular weight is 265 g/mol. The summed E-state index contributed by atoms with van der Waals surface area (Å²) in [6, 6.07) is 17.9. The van der Waals surface area contributed by atoms with Crippen molar-refractivity contribution in [2.24, 2.45) is 0 Å². The third-order valence-electron chi connectivity index (χ3n) is 3.18. The lowest BCUT2D eigenvalue weighted by Gasteiger charge is -2.12. The van der Waals surface area contributed by atoms with Gasteiger partial charge >= 0.3 is 0 Å². The SMILES string of the molecule is CC(=O)/C(=C/c1ccc(N(C)C)cc1)c1ccccc1. The van der Waals surface area contributed by atoms with E-state index in [-0.39, 0.29) is 5.78 Å². The predicted molar refractivity (Wildman–Crippen MR) is 85.8 cm³/mol. The Bertz CT molecular complexity index is 610. The molecule has 0 saturated heterocycles. The molecule has 0 fully saturated rings. The highest BCUT2D eigenvalue weighted by molar-refractivity contribution is 6.24. The maximum Gasteiger partial charge on any atom is 0.160 e. The number of nitrogens with zero attached hydrogens (tertiary/aromatic N) is 1. The average Bonchev–Trinajstić information content (AvgIpc) is 2.46. The van der Waals surface area contributed by atoms with Gasteiger partial charge in [0.1, 0.15) is 0 Å². The van der Waals surface area contributed by atoms with Crippen LogP contribution in [-0.4, -0.2) is 19.9 Å². The summed E-state index contributed by atoms with van der Waals surface area (Å²) < 4.78 is 0. The Morgan fingerprint density at radius 2 is 1.55 bits per heavy atom. The van der Waals surface area contributed by atoms with Crippen LogP contribution >= 0.6 is 0 Å². The van der Waals surface area contributed by atoms with Crippen LogP contribution < -0.4 is 4.90 Å². The van der Waals surface area contributed by atoms with Crippen LogP contribution in [0.15, 0.2) is 54.6 Å². The smallest absolute Gasteiger partial charge is 0.160 e. The van der Waals surface area contributed by atoms with E-state index in [9.17, 15) is 4.79 Å². The van der Waals surface area contributed by atoms with Crippen LogP contribution in [0.2, 0.25) is 0 Å². The molecule has 0 atom stereocenters. The second-order valence-corrected chi connectivity index (χ2v) is 4.97. The molecule has 0 amide bonds. The Morgan fingerprint density at radius 1 is 0.950 bits per heavy atom. The van der Waals surface area contributed by atoms with Crippen molar-refractivity contribution in [1.29, 1.82) is 0 Å². The number of benzene rings is 2. The summed E-state index contributed by atoms with van der Waals surface area (Å²) in [6.45, 7) is 1.60. The molecule has 0 saturated carbocycles. The van der Waals surface area contributed by atoms with E-state index >= 15 is 0 Å². The number of Topliss-reactive ketones (excluding diaryl/α,β-unsaturated/α-hetero) is 1. The Hall–Kier alpha value is -2.35. The van der Waals surface area contributed by atoms with Gasteiger partial charge in [0.25, 0.3) is 0 Å². The molecule has 0 unspecified atom stereocenters. The van der Waals surface area contributed by atoms with Crippen LogP contribution in [0.4, 0.5) is 5.69 Å². The molecule has 0 radical (unpaired) electrons. The fraction of sp³-hybridized carbons (Fsp3) is 0.167. The first-order valence-electron chi connectivity index (χ1n) is 6.63. The molecule has 0 aliphatic rings. The Balaban J connectivity index is 2.37. The van der Waals surface area contributed by atoms with E-state index in [4.69, 9.17) is 0 Å². The fourth-order valence-electron chi connectivity index (χ4n) is 2.04. The molecule has 0 spiro atoms. The molecule has 0 heterocycles. The summed E-state index contributed by atoms with van der Waals surface area (Å²) in [5.41, 5.74) is 3.87. The van der Waals surface area contributed by atoms with Gasteiger partial charge < -0.3 is 4.90 Å². The normalized spacial score (nSPS) is 11.2. The number of hydrogen-bond donors (Lipinski definition) is 0. The van der Waals surface area contributed by atoms with Crippen molar-refractivity contribution in [3.05, 3.63) is 65.7 Å². The Morgan fingerprint density at radius 3 is 2.05 bits per heavy atom. The van der Waals surface area contributed by atoms with Gasteiger partial charge in [0.2, 0.25) is 0 Å². The molecule has 0 aromatic heterocycles. The van der Waals surface area contributed by atoms with Crippen LogP contribution in [0.25, 0.3) is 11.6 Å². The van der Waals surface area contributed by atoms with Gasteiger partial charge in [-0.05, 0) is 36.3 Å². The molecule has 2 nitrogen and oxygen atoms in total. The molecule has 0 aliphatic carbocycles. The third kappa shape index (κ3) is 3.35. The van der Waals surface area contributed by atoms with Crippen molar-refractivity contribution in [3.8, 4) is 0 Å². The van der Waals surface area contributed by atoms with Crippen molar-refractivity contribution >= 4 is 23.1 Å². The van der Waals surface area contributed by atoms with Gasteiger partial charge in [-0.2, -0.15) is 0 Å². The van der Waals surface area contributed by atoms with Crippen LogP contribution in [0.1, 0.15) is 18.1 Å². The highest BCUT2D eigenvalue weighted by Gasteiger charge is 2.06. The fourth-order valence-corrected chi connectivity index (χ4v) is 2.04. The van der Waals surface area contributed by atoms with Gasteiger partial charge in [-0.25, -0.2) is 0 Å². The lowest BCUT2D eigenvalue weighted by atomic mass is 10.00. The highest BCUT2D eigenvalue weighted by Crippen LogP contribution is 2.20. The molecule has 2 aromatic carbocycles. The Labute approximate surface area is 120 Å². The number of allylic oxidation sites excluding steroid dienone is 1. The maximum atomic E-state index is 11.8. The molecule has 0 bridgehead atoms. The number of ketones is 1. The second kappa shape index (κ2) is 6.20. The van der Waals surface area contributed by atoms with E-state index in [1.165, 1.54) is 0 Å². The number of carbonyl (C=O) groups is 1. The lowest BCUT2D eigenvalue weighted by molar-refractivity contribution is -0.111. The minimum atomic E-state index is 0.0767. The summed E-state index contributed by atoms with van der Waals surface area (Å²) in [7, 11) is 4.02. The monoisotopic (exact) mass is 265 g/mol. The minimum absolute atomic E-state index is 0.0767. The molecule has 2 rings (SSSR count). The molecule has 2 heteroatoms. The van der Waals surface area contributed by atoms with Crippen molar-refractivity contribution in [1.82, 2.24) is 0 Å². The van der Waals surface area contributed by atoms with Crippen LogP contribution in [0, 0.1) is 0 Å². The van der Waals surface area contributed by atoms with E-state index in [0.29, 0.717) is 0 Å². The van der Waals surface area contributed by atoms with Gasteiger partial charge in [0.15, 0.2) is 5.78 Å². The zero-order valence-corrected chi connectivity index (χ0v) is 12.1. The van der Waals surface area contributed by atoms with E-state index in [0.717, 1.165) is 22.4 Å². The van der Waals surface area contributed by atoms with Crippen molar-refractivity contribution in [2.75, 3.05) is 19.0 Å². The summed E-state index contributed by atoms with van der Waals surface area (Å²) in [5, 5.41) is 0. The van der Waals surface area contributed by atoms with Crippen molar-refractivity contribution in [3.63, 3.8) is 0 Å². The number of anilines is 1. The summed E-state index contributed by atoms with van der Waals surface area (Å²) >= 11 is 0. The van der Waals surface area contributed by atoms with Gasteiger partial charge in [0, 0.05) is 25.4 Å². The maximum absolute atomic E-state index is 11.8.